The molecular weight excluding hydrogens is 354 g/mol. The summed E-state index contributed by atoms with van der Waals surface area (Å²) in [4.78, 5) is 12.6. The molecule has 1 heterocycles. The molecule has 1 aliphatic carbocycles. The van der Waals surface area contributed by atoms with Gasteiger partial charge in [-0.05, 0) is 36.5 Å². The van der Waals surface area contributed by atoms with Crippen molar-refractivity contribution in [2.45, 2.75) is 37.4 Å². The Morgan fingerprint density at radius 1 is 1.14 bits per heavy atom. The summed E-state index contributed by atoms with van der Waals surface area (Å²) in [6.45, 7) is 0. The van der Waals surface area contributed by atoms with E-state index in [-0.39, 0.29) is 11.3 Å². The van der Waals surface area contributed by atoms with E-state index in [9.17, 15) is 15.0 Å². The van der Waals surface area contributed by atoms with Gasteiger partial charge in [0.25, 0.3) is 5.91 Å². The first-order valence-electron chi connectivity index (χ1n) is 9.72. The van der Waals surface area contributed by atoms with Crippen molar-refractivity contribution in [3.8, 4) is 5.75 Å². The minimum atomic E-state index is -1.80. The van der Waals surface area contributed by atoms with Crippen LogP contribution >= 0.6 is 0 Å². The lowest BCUT2D eigenvalue weighted by atomic mass is 9.76. The van der Waals surface area contributed by atoms with Crippen LogP contribution in [-0.4, -0.2) is 29.3 Å². The summed E-state index contributed by atoms with van der Waals surface area (Å²) in [6, 6.07) is 12.3. The van der Waals surface area contributed by atoms with Gasteiger partial charge in [0.15, 0.2) is 11.7 Å². The molecule has 1 aliphatic heterocycles. The van der Waals surface area contributed by atoms with Gasteiger partial charge in [-0.3, -0.25) is 4.79 Å². The lowest BCUT2D eigenvalue weighted by Gasteiger charge is -2.40. The van der Waals surface area contributed by atoms with Crippen molar-refractivity contribution in [2.75, 3.05) is 12.4 Å². The average molecular weight is 379 g/mol. The predicted molar refractivity (Wildman–Crippen MR) is 108 cm³/mol. The van der Waals surface area contributed by atoms with Crippen LogP contribution in [0.2, 0.25) is 0 Å². The number of methoxy groups -OCH3 is 1. The van der Waals surface area contributed by atoms with Gasteiger partial charge in [0.1, 0.15) is 5.75 Å². The highest BCUT2D eigenvalue weighted by Crippen LogP contribution is 2.47. The number of amides is 1. The Labute approximate surface area is 164 Å². The molecule has 1 fully saturated rings. The third kappa shape index (κ3) is 3.01. The van der Waals surface area contributed by atoms with E-state index in [1.54, 1.807) is 36.4 Å². The molecule has 4 rings (SSSR count). The molecule has 146 valence electrons. The average Bonchev–Trinajstić information content (AvgIpc) is 3.22. The molecule has 0 aromatic heterocycles. The van der Waals surface area contributed by atoms with Gasteiger partial charge in [0.05, 0.1) is 11.3 Å². The minimum absolute atomic E-state index is 0.0415. The van der Waals surface area contributed by atoms with E-state index in [1.165, 1.54) is 20.0 Å². The zero-order chi connectivity index (χ0) is 19.7. The Balaban J connectivity index is 1.86. The number of carbonyl (C=O) groups excluding carboxylic acids is 1. The minimum Gasteiger partial charge on any atom is -0.507 e. The fraction of sp³-hybridized carbons (Fsp3) is 0.348. The molecule has 3 N–H and O–H groups in total. The van der Waals surface area contributed by atoms with E-state index in [4.69, 9.17) is 4.74 Å². The number of fused-ring (bicyclic) bond motifs is 1. The summed E-state index contributed by atoms with van der Waals surface area (Å²) in [6.07, 6.45) is 7.67. The highest BCUT2D eigenvalue weighted by Gasteiger charge is 2.51. The number of aromatic hydroxyl groups is 1. The fourth-order valence-corrected chi connectivity index (χ4v) is 4.41. The number of rotatable bonds is 4. The Hall–Kier alpha value is -2.63. The van der Waals surface area contributed by atoms with Gasteiger partial charge < -0.3 is 20.3 Å². The molecular formula is C23H25NO4. The van der Waals surface area contributed by atoms with E-state index < -0.39 is 17.6 Å². The fourth-order valence-electron chi connectivity index (χ4n) is 4.41. The molecule has 2 unspecified atom stereocenters. The summed E-state index contributed by atoms with van der Waals surface area (Å²) in [5.41, 5.74) is -0.0373. The van der Waals surface area contributed by atoms with Crippen molar-refractivity contribution in [2.24, 2.45) is 5.92 Å². The number of hydrogen-bond acceptors (Lipinski definition) is 4. The Morgan fingerprint density at radius 2 is 1.86 bits per heavy atom. The van der Waals surface area contributed by atoms with Crippen LogP contribution < -0.4 is 5.32 Å². The number of nitrogens with one attached hydrogen (secondary N) is 1. The topological polar surface area (TPSA) is 78.8 Å². The van der Waals surface area contributed by atoms with Crippen LogP contribution in [0.1, 0.15) is 42.4 Å². The molecule has 2 aromatic rings. The molecule has 2 aromatic carbocycles. The lowest BCUT2D eigenvalue weighted by molar-refractivity contribution is -0.142. The van der Waals surface area contributed by atoms with Crippen molar-refractivity contribution in [3.05, 3.63) is 65.2 Å². The van der Waals surface area contributed by atoms with Gasteiger partial charge in [0.2, 0.25) is 0 Å². The molecule has 0 bridgehead atoms. The number of carbonyl (C=O) groups is 1. The monoisotopic (exact) mass is 379 g/mol. The molecule has 0 spiro atoms. The first-order chi connectivity index (χ1) is 13.6. The molecule has 5 heteroatoms. The van der Waals surface area contributed by atoms with E-state index in [0.717, 1.165) is 12.8 Å². The van der Waals surface area contributed by atoms with Crippen LogP contribution in [0.3, 0.4) is 0 Å². The predicted octanol–water partition coefficient (Wildman–Crippen LogP) is 3.80. The maximum absolute atomic E-state index is 12.6. The van der Waals surface area contributed by atoms with Crippen molar-refractivity contribution in [1.82, 2.24) is 0 Å². The number of phenolic OH excluding ortho intramolecular Hbond substituents is 1. The van der Waals surface area contributed by atoms with Gasteiger partial charge in [-0.15, -0.1) is 0 Å². The zero-order valence-electron chi connectivity index (χ0n) is 15.9. The quantitative estimate of drug-likeness (QED) is 0.755. The van der Waals surface area contributed by atoms with Crippen molar-refractivity contribution in [1.29, 1.82) is 0 Å². The second-order valence-electron chi connectivity index (χ2n) is 7.57. The molecule has 2 atom stereocenters. The SMILES string of the molecule is COC1C(=O)Nc2ccc(/C=C/C3CCCC3)c(O)c2C1(O)c1ccccc1. The highest BCUT2D eigenvalue weighted by molar-refractivity contribution is 6.00. The summed E-state index contributed by atoms with van der Waals surface area (Å²) < 4.78 is 5.38. The van der Waals surface area contributed by atoms with Crippen LogP contribution in [0.5, 0.6) is 5.75 Å². The van der Waals surface area contributed by atoms with E-state index in [0.29, 0.717) is 22.7 Å². The summed E-state index contributed by atoms with van der Waals surface area (Å²) in [5, 5.41) is 25.6. The van der Waals surface area contributed by atoms with Gasteiger partial charge in [0, 0.05) is 12.7 Å². The summed E-state index contributed by atoms with van der Waals surface area (Å²) in [5.74, 6) is 0.0324. The third-order valence-corrected chi connectivity index (χ3v) is 5.86. The van der Waals surface area contributed by atoms with Crippen molar-refractivity contribution in [3.63, 3.8) is 0 Å². The molecule has 0 saturated heterocycles. The first kappa shape index (κ1) is 18.7. The number of allylic oxidation sites excluding steroid dienone is 1. The summed E-state index contributed by atoms with van der Waals surface area (Å²) in [7, 11) is 1.38. The largest absolute Gasteiger partial charge is 0.507 e. The van der Waals surface area contributed by atoms with Crippen LogP contribution in [0.4, 0.5) is 5.69 Å². The molecule has 1 amide bonds. The number of hydrogen-bond donors (Lipinski definition) is 3. The van der Waals surface area contributed by atoms with Crippen molar-refractivity contribution < 1.29 is 19.7 Å². The number of benzene rings is 2. The molecule has 28 heavy (non-hydrogen) atoms. The zero-order valence-corrected chi connectivity index (χ0v) is 15.9. The standard InChI is InChI=1S/C23H25NO4/c1-28-21-22(26)24-18-14-13-16(12-11-15-7-5-6-8-15)20(25)19(18)23(21,27)17-9-3-2-4-10-17/h2-4,9-15,21,25,27H,5-8H2,1H3,(H,24,26)/b12-11+. The van der Waals surface area contributed by atoms with E-state index >= 15 is 0 Å². The van der Waals surface area contributed by atoms with Crippen LogP contribution in [0, 0.1) is 5.92 Å². The van der Waals surface area contributed by atoms with Crippen LogP contribution in [-0.2, 0) is 15.1 Å². The van der Waals surface area contributed by atoms with Crippen LogP contribution in [0.25, 0.3) is 6.08 Å². The lowest BCUT2D eigenvalue weighted by Crippen LogP contribution is -2.52. The van der Waals surface area contributed by atoms with Crippen LogP contribution in [0.15, 0.2) is 48.5 Å². The van der Waals surface area contributed by atoms with Gasteiger partial charge >= 0.3 is 0 Å². The number of anilines is 1. The first-order valence-corrected chi connectivity index (χ1v) is 9.72. The van der Waals surface area contributed by atoms with Gasteiger partial charge in [-0.25, -0.2) is 0 Å². The number of ether oxygens (including phenoxy) is 1. The second kappa shape index (κ2) is 7.41. The number of aliphatic hydroxyl groups is 1. The highest BCUT2D eigenvalue weighted by atomic mass is 16.5. The Bertz CT molecular complexity index is 902. The van der Waals surface area contributed by atoms with E-state index in [1.807, 2.05) is 12.1 Å². The normalized spacial score (nSPS) is 25.1. The van der Waals surface area contributed by atoms with Gasteiger partial charge in [-0.2, -0.15) is 0 Å². The Kier molecular flexibility index (Phi) is 4.96. The molecule has 0 radical (unpaired) electrons. The molecule has 5 nitrogen and oxygen atoms in total. The van der Waals surface area contributed by atoms with Crippen molar-refractivity contribution >= 4 is 17.7 Å². The smallest absolute Gasteiger partial charge is 0.257 e. The third-order valence-electron chi connectivity index (χ3n) is 5.86. The molecule has 2 aliphatic rings. The number of phenols is 1. The Morgan fingerprint density at radius 3 is 2.54 bits per heavy atom. The maximum Gasteiger partial charge on any atom is 0.257 e. The maximum atomic E-state index is 12.6. The summed E-state index contributed by atoms with van der Waals surface area (Å²) >= 11 is 0. The second-order valence-corrected chi connectivity index (χ2v) is 7.57. The van der Waals surface area contributed by atoms with Gasteiger partial charge in [-0.1, -0.05) is 55.3 Å². The molecule has 1 saturated carbocycles. The van der Waals surface area contributed by atoms with E-state index in [2.05, 4.69) is 11.4 Å².